The summed E-state index contributed by atoms with van der Waals surface area (Å²) in [7, 11) is 0. The van der Waals surface area contributed by atoms with E-state index in [1.807, 2.05) is 36.9 Å². The van der Waals surface area contributed by atoms with Gasteiger partial charge in [0.1, 0.15) is 11.6 Å². The average Bonchev–Trinajstić information content (AvgIpc) is 2.67. The van der Waals surface area contributed by atoms with Crippen LogP contribution in [0.2, 0.25) is 0 Å². The van der Waals surface area contributed by atoms with E-state index in [2.05, 4.69) is 31.7 Å². The van der Waals surface area contributed by atoms with Crippen LogP contribution >= 0.6 is 0 Å². The van der Waals surface area contributed by atoms with Gasteiger partial charge < -0.3 is 9.64 Å². The van der Waals surface area contributed by atoms with Crippen molar-refractivity contribution in [3.8, 4) is 5.75 Å². The van der Waals surface area contributed by atoms with Crippen LogP contribution < -0.4 is 4.74 Å². The number of rotatable bonds is 5. The summed E-state index contributed by atoms with van der Waals surface area (Å²) in [4.78, 5) is 17.1. The van der Waals surface area contributed by atoms with Crippen LogP contribution in [0, 0.1) is 26.6 Å². The first kappa shape index (κ1) is 21.3. The Labute approximate surface area is 173 Å². The van der Waals surface area contributed by atoms with Gasteiger partial charge in [0.05, 0.1) is 0 Å². The third-order valence-electron chi connectivity index (χ3n) is 5.85. The molecular formula is C24H31FN2O2. The number of carbonyl (C=O) groups is 1. The van der Waals surface area contributed by atoms with E-state index in [4.69, 9.17) is 4.74 Å². The molecule has 29 heavy (non-hydrogen) atoms. The van der Waals surface area contributed by atoms with Crippen LogP contribution in [0.4, 0.5) is 4.39 Å². The molecule has 0 radical (unpaired) electrons. The number of aryl methyl sites for hydroxylation is 2. The third kappa shape index (κ3) is 5.15. The minimum absolute atomic E-state index is 0.0179. The van der Waals surface area contributed by atoms with Crippen LogP contribution in [-0.2, 0) is 11.3 Å². The highest BCUT2D eigenvalue weighted by Crippen LogP contribution is 2.24. The zero-order valence-corrected chi connectivity index (χ0v) is 18.0. The topological polar surface area (TPSA) is 32.8 Å². The van der Waals surface area contributed by atoms with Crippen molar-refractivity contribution in [2.24, 2.45) is 0 Å². The van der Waals surface area contributed by atoms with Gasteiger partial charge >= 0.3 is 0 Å². The Kier molecular flexibility index (Phi) is 6.58. The maximum Gasteiger partial charge on any atom is 0.260 e. The number of amides is 1. The van der Waals surface area contributed by atoms with E-state index in [0.29, 0.717) is 6.54 Å². The van der Waals surface area contributed by atoms with Crippen LogP contribution in [0.5, 0.6) is 5.75 Å². The van der Waals surface area contributed by atoms with E-state index in [1.54, 1.807) is 0 Å². The number of halogens is 1. The standard InChI is InChI=1S/C24H31FN2O2/c1-16-10-17(2)20(5)23(11-16)29-15-24(28)27-13-18(3)26(12-19(27)4)14-21-6-8-22(25)9-7-21/h6-11,18-19H,12-15H2,1-5H3/t18-,19+/m1/s1. The quantitative estimate of drug-likeness (QED) is 0.755. The Balaban J connectivity index is 1.59. The monoisotopic (exact) mass is 398 g/mol. The molecule has 0 bridgehead atoms. The molecule has 0 aromatic heterocycles. The minimum atomic E-state index is -0.218. The molecule has 2 aromatic rings. The van der Waals surface area contributed by atoms with Gasteiger partial charge in [-0.3, -0.25) is 9.69 Å². The number of piperazine rings is 1. The molecule has 0 spiro atoms. The van der Waals surface area contributed by atoms with Gasteiger partial charge in [0.2, 0.25) is 0 Å². The molecule has 1 heterocycles. The van der Waals surface area contributed by atoms with E-state index in [0.717, 1.165) is 35.5 Å². The van der Waals surface area contributed by atoms with Crippen LogP contribution in [-0.4, -0.2) is 47.5 Å². The smallest absolute Gasteiger partial charge is 0.260 e. The first-order valence-electron chi connectivity index (χ1n) is 10.2. The molecule has 0 N–H and O–H groups in total. The molecule has 1 amide bonds. The Hall–Kier alpha value is -2.40. The SMILES string of the molecule is Cc1cc(C)c(C)c(OCC(=O)N2C[C@@H](C)N(Cc3ccc(F)cc3)C[C@@H]2C)c1. The van der Waals surface area contributed by atoms with E-state index in [-0.39, 0.29) is 30.4 Å². The van der Waals surface area contributed by atoms with Crippen molar-refractivity contribution in [3.05, 3.63) is 64.5 Å². The van der Waals surface area contributed by atoms with Crippen LogP contribution in [0.3, 0.4) is 0 Å². The highest BCUT2D eigenvalue weighted by Gasteiger charge is 2.32. The number of benzene rings is 2. The van der Waals surface area contributed by atoms with Gasteiger partial charge in [0, 0.05) is 31.7 Å². The van der Waals surface area contributed by atoms with Crippen molar-refractivity contribution < 1.29 is 13.9 Å². The Morgan fingerprint density at radius 2 is 1.76 bits per heavy atom. The minimum Gasteiger partial charge on any atom is -0.483 e. The number of nitrogens with zero attached hydrogens (tertiary/aromatic N) is 2. The van der Waals surface area contributed by atoms with Gasteiger partial charge in [-0.2, -0.15) is 0 Å². The summed E-state index contributed by atoms with van der Waals surface area (Å²) in [6, 6.07) is 11.1. The first-order chi connectivity index (χ1) is 13.7. The molecule has 1 fully saturated rings. The molecule has 2 aromatic carbocycles. The van der Waals surface area contributed by atoms with E-state index in [1.165, 1.54) is 17.7 Å². The van der Waals surface area contributed by atoms with E-state index < -0.39 is 0 Å². The van der Waals surface area contributed by atoms with Crippen molar-refractivity contribution in [1.29, 1.82) is 0 Å². The fourth-order valence-corrected chi connectivity index (χ4v) is 3.96. The largest absolute Gasteiger partial charge is 0.483 e. The first-order valence-corrected chi connectivity index (χ1v) is 10.2. The molecule has 5 heteroatoms. The average molecular weight is 399 g/mol. The molecule has 1 aliphatic rings. The molecule has 3 rings (SSSR count). The molecule has 2 atom stereocenters. The van der Waals surface area contributed by atoms with Gasteiger partial charge in [-0.15, -0.1) is 0 Å². The van der Waals surface area contributed by atoms with E-state index in [9.17, 15) is 9.18 Å². The number of carbonyl (C=O) groups excluding carboxylic acids is 1. The lowest BCUT2D eigenvalue weighted by molar-refractivity contribution is -0.139. The maximum atomic E-state index is 13.1. The maximum absolute atomic E-state index is 13.1. The molecular weight excluding hydrogens is 367 g/mol. The number of ether oxygens (including phenoxy) is 1. The van der Waals surface area contributed by atoms with Crippen molar-refractivity contribution in [1.82, 2.24) is 9.80 Å². The predicted octanol–water partition coefficient (Wildman–Crippen LogP) is 4.25. The summed E-state index contributed by atoms with van der Waals surface area (Å²) >= 11 is 0. The fraction of sp³-hybridized carbons (Fsp3) is 0.458. The molecule has 1 aliphatic heterocycles. The van der Waals surface area contributed by atoms with Crippen molar-refractivity contribution in [2.75, 3.05) is 19.7 Å². The van der Waals surface area contributed by atoms with Crippen molar-refractivity contribution in [3.63, 3.8) is 0 Å². The highest BCUT2D eigenvalue weighted by molar-refractivity contribution is 5.78. The van der Waals surface area contributed by atoms with Gasteiger partial charge in [-0.25, -0.2) is 4.39 Å². The number of hydrogen-bond acceptors (Lipinski definition) is 3. The summed E-state index contributed by atoms with van der Waals surface area (Å²) < 4.78 is 19.0. The van der Waals surface area contributed by atoms with Crippen molar-refractivity contribution >= 4 is 5.91 Å². The van der Waals surface area contributed by atoms with Gasteiger partial charge in [0.25, 0.3) is 5.91 Å². The van der Waals surface area contributed by atoms with E-state index >= 15 is 0 Å². The Morgan fingerprint density at radius 1 is 1.07 bits per heavy atom. The molecule has 156 valence electrons. The number of hydrogen-bond donors (Lipinski definition) is 0. The molecule has 0 saturated carbocycles. The second-order valence-electron chi connectivity index (χ2n) is 8.29. The molecule has 0 unspecified atom stereocenters. The zero-order valence-electron chi connectivity index (χ0n) is 18.0. The van der Waals surface area contributed by atoms with Gasteiger partial charge in [-0.1, -0.05) is 18.2 Å². The fourth-order valence-electron chi connectivity index (χ4n) is 3.96. The lowest BCUT2D eigenvalue weighted by Gasteiger charge is -2.44. The third-order valence-corrected chi connectivity index (χ3v) is 5.85. The summed E-state index contributed by atoms with van der Waals surface area (Å²) in [6.45, 7) is 12.6. The zero-order chi connectivity index (χ0) is 21.1. The second-order valence-corrected chi connectivity index (χ2v) is 8.29. The van der Waals surface area contributed by atoms with Gasteiger partial charge in [-0.05, 0) is 75.1 Å². The second kappa shape index (κ2) is 8.95. The Morgan fingerprint density at radius 3 is 2.45 bits per heavy atom. The normalized spacial score (nSPS) is 20.0. The highest BCUT2D eigenvalue weighted by atomic mass is 19.1. The molecule has 0 aliphatic carbocycles. The summed E-state index contributed by atoms with van der Waals surface area (Å²) in [5.74, 6) is 0.584. The van der Waals surface area contributed by atoms with Gasteiger partial charge in [0.15, 0.2) is 6.61 Å². The molecule has 1 saturated heterocycles. The lowest BCUT2D eigenvalue weighted by atomic mass is 10.1. The van der Waals surface area contributed by atoms with Crippen LogP contribution in [0.15, 0.2) is 36.4 Å². The molecule has 4 nitrogen and oxygen atoms in total. The Bertz CT molecular complexity index is 866. The van der Waals surface area contributed by atoms with Crippen LogP contribution in [0.1, 0.15) is 36.1 Å². The summed E-state index contributed by atoms with van der Waals surface area (Å²) in [6.07, 6.45) is 0. The van der Waals surface area contributed by atoms with Crippen LogP contribution in [0.25, 0.3) is 0 Å². The summed E-state index contributed by atoms with van der Waals surface area (Å²) in [5.41, 5.74) is 4.46. The predicted molar refractivity (Wildman–Crippen MR) is 114 cm³/mol. The van der Waals surface area contributed by atoms with Crippen molar-refractivity contribution in [2.45, 2.75) is 53.2 Å². The lowest BCUT2D eigenvalue weighted by Crippen LogP contribution is -2.58. The summed E-state index contributed by atoms with van der Waals surface area (Å²) in [5, 5.41) is 0.